The predicted octanol–water partition coefficient (Wildman–Crippen LogP) is 3.86. The van der Waals surface area contributed by atoms with Crippen molar-refractivity contribution in [1.82, 2.24) is 14.5 Å². The fraction of sp³-hybridized carbons (Fsp3) is 0.111. The van der Waals surface area contributed by atoms with E-state index in [1.165, 1.54) is 22.2 Å². The SMILES string of the molecule is Cc1oc2ncn(C)c(=O)c2c1C(=O)Nc1nc(-c2cccc(Cl)c2)cs1. The number of carbonyl (C=O) groups excluding carboxylic acids is 1. The van der Waals surface area contributed by atoms with Crippen LogP contribution in [0, 0.1) is 6.92 Å². The number of amides is 1. The fourth-order valence-electron chi connectivity index (χ4n) is 2.73. The zero-order valence-corrected chi connectivity index (χ0v) is 15.9. The molecule has 0 saturated heterocycles. The second-order valence-electron chi connectivity index (χ2n) is 5.88. The molecule has 0 aliphatic heterocycles. The second kappa shape index (κ2) is 6.64. The Balaban J connectivity index is 1.68. The highest BCUT2D eigenvalue weighted by Gasteiger charge is 2.23. The largest absolute Gasteiger partial charge is 0.442 e. The summed E-state index contributed by atoms with van der Waals surface area (Å²) in [5, 5.41) is 5.72. The third-order valence-electron chi connectivity index (χ3n) is 4.02. The topological polar surface area (TPSA) is 90.0 Å². The molecule has 1 N–H and O–H groups in total. The van der Waals surface area contributed by atoms with Gasteiger partial charge in [0.05, 0.1) is 11.3 Å². The van der Waals surface area contributed by atoms with E-state index < -0.39 is 5.91 Å². The van der Waals surface area contributed by atoms with E-state index in [2.05, 4.69) is 15.3 Å². The lowest BCUT2D eigenvalue weighted by Gasteiger charge is -2.01. The van der Waals surface area contributed by atoms with Gasteiger partial charge in [-0.1, -0.05) is 23.7 Å². The van der Waals surface area contributed by atoms with E-state index in [9.17, 15) is 9.59 Å². The van der Waals surface area contributed by atoms with Crippen molar-refractivity contribution >= 4 is 45.1 Å². The van der Waals surface area contributed by atoms with Crippen molar-refractivity contribution in [3.8, 4) is 11.3 Å². The second-order valence-corrected chi connectivity index (χ2v) is 7.17. The van der Waals surface area contributed by atoms with Crippen molar-refractivity contribution in [3.05, 3.63) is 62.7 Å². The number of furan rings is 1. The molecule has 136 valence electrons. The maximum Gasteiger partial charge on any atom is 0.265 e. The Kier molecular flexibility index (Phi) is 4.29. The van der Waals surface area contributed by atoms with Crippen LogP contribution in [0.3, 0.4) is 0 Å². The van der Waals surface area contributed by atoms with Crippen LogP contribution >= 0.6 is 22.9 Å². The summed E-state index contributed by atoms with van der Waals surface area (Å²) in [6.45, 7) is 1.62. The molecule has 7 nitrogen and oxygen atoms in total. The first-order valence-corrected chi connectivity index (χ1v) is 9.17. The summed E-state index contributed by atoms with van der Waals surface area (Å²) in [6, 6.07) is 7.29. The molecule has 0 aliphatic carbocycles. The molecule has 4 rings (SSSR count). The van der Waals surface area contributed by atoms with Gasteiger partial charge >= 0.3 is 0 Å². The standard InChI is InChI=1S/C18H13ClN4O3S/c1-9-13(14-16(26-9)20-8-23(2)17(14)25)15(24)22-18-21-12(7-27-18)10-4-3-5-11(19)6-10/h3-8H,1-2H3,(H,21,22,24). The first-order valence-electron chi connectivity index (χ1n) is 7.91. The van der Waals surface area contributed by atoms with E-state index in [0.29, 0.717) is 21.6 Å². The molecular weight excluding hydrogens is 388 g/mol. The smallest absolute Gasteiger partial charge is 0.265 e. The zero-order chi connectivity index (χ0) is 19.1. The minimum absolute atomic E-state index is 0.138. The van der Waals surface area contributed by atoms with E-state index in [4.69, 9.17) is 16.0 Å². The highest BCUT2D eigenvalue weighted by molar-refractivity contribution is 7.14. The Morgan fingerprint density at radius 1 is 1.37 bits per heavy atom. The zero-order valence-electron chi connectivity index (χ0n) is 14.3. The highest BCUT2D eigenvalue weighted by Crippen LogP contribution is 2.28. The van der Waals surface area contributed by atoms with Crippen molar-refractivity contribution in [1.29, 1.82) is 0 Å². The number of fused-ring (bicyclic) bond motifs is 1. The van der Waals surface area contributed by atoms with Crippen molar-refractivity contribution < 1.29 is 9.21 Å². The van der Waals surface area contributed by atoms with Gasteiger partial charge < -0.3 is 8.98 Å². The van der Waals surface area contributed by atoms with Crippen LogP contribution in [0.15, 0.2) is 45.2 Å². The lowest BCUT2D eigenvalue weighted by atomic mass is 10.2. The van der Waals surface area contributed by atoms with E-state index in [1.54, 1.807) is 26.1 Å². The van der Waals surface area contributed by atoms with Crippen LogP contribution in [0.25, 0.3) is 22.4 Å². The van der Waals surface area contributed by atoms with Gasteiger partial charge in [0, 0.05) is 23.0 Å². The average Bonchev–Trinajstić information content (AvgIpc) is 3.22. The number of anilines is 1. The summed E-state index contributed by atoms with van der Waals surface area (Å²) in [4.78, 5) is 33.6. The highest BCUT2D eigenvalue weighted by atomic mass is 35.5. The monoisotopic (exact) mass is 400 g/mol. The van der Waals surface area contributed by atoms with Crippen LogP contribution in [-0.2, 0) is 7.05 Å². The van der Waals surface area contributed by atoms with E-state index >= 15 is 0 Å². The molecule has 3 aromatic heterocycles. The molecule has 1 aromatic carbocycles. The number of nitrogens with one attached hydrogen (secondary N) is 1. The summed E-state index contributed by atoms with van der Waals surface area (Å²) in [5.41, 5.74) is 1.50. The van der Waals surface area contributed by atoms with Crippen molar-refractivity contribution in [2.24, 2.45) is 7.05 Å². The van der Waals surface area contributed by atoms with Gasteiger partial charge in [0.25, 0.3) is 11.5 Å². The number of carbonyl (C=O) groups is 1. The maximum absolute atomic E-state index is 12.8. The van der Waals surface area contributed by atoms with Crippen molar-refractivity contribution in [3.63, 3.8) is 0 Å². The van der Waals surface area contributed by atoms with Crippen molar-refractivity contribution in [2.45, 2.75) is 6.92 Å². The molecular formula is C18H13ClN4O3S. The van der Waals surface area contributed by atoms with Crippen molar-refractivity contribution in [2.75, 3.05) is 5.32 Å². The van der Waals surface area contributed by atoms with Gasteiger partial charge in [-0.25, -0.2) is 9.97 Å². The first-order chi connectivity index (χ1) is 12.9. The minimum atomic E-state index is -0.469. The molecule has 0 unspecified atom stereocenters. The minimum Gasteiger partial charge on any atom is -0.442 e. The number of nitrogens with zero attached hydrogens (tertiary/aromatic N) is 3. The quantitative estimate of drug-likeness (QED) is 0.563. The molecule has 0 fully saturated rings. The molecule has 3 heterocycles. The van der Waals surface area contributed by atoms with Gasteiger partial charge in [-0.2, -0.15) is 0 Å². The van der Waals surface area contributed by atoms with E-state index in [0.717, 1.165) is 5.56 Å². The Hall–Kier alpha value is -2.97. The van der Waals surface area contributed by atoms with Crippen LogP contribution in [0.5, 0.6) is 0 Å². The molecule has 9 heteroatoms. The van der Waals surface area contributed by atoms with E-state index in [-0.39, 0.29) is 22.2 Å². The Labute approximate surface area is 162 Å². The average molecular weight is 401 g/mol. The molecule has 0 spiro atoms. The molecule has 0 saturated carbocycles. The number of hydrogen-bond donors (Lipinski definition) is 1. The maximum atomic E-state index is 12.8. The van der Waals surface area contributed by atoms with E-state index in [1.807, 2.05) is 17.5 Å². The van der Waals surface area contributed by atoms with Gasteiger partial charge in [0.2, 0.25) is 5.71 Å². The number of benzene rings is 1. The summed E-state index contributed by atoms with van der Waals surface area (Å²) in [6.07, 6.45) is 1.35. The Morgan fingerprint density at radius 2 is 2.19 bits per heavy atom. The number of thiazole rings is 1. The molecule has 0 atom stereocenters. The normalized spacial score (nSPS) is 11.1. The van der Waals surface area contributed by atoms with Gasteiger partial charge in [-0.15, -0.1) is 11.3 Å². The van der Waals surface area contributed by atoms with Gasteiger partial charge in [-0.05, 0) is 19.1 Å². The molecule has 4 aromatic rings. The van der Waals surface area contributed by atoms with Gasteiger partial charge in [0.1, 0.15) is 17.5 Å². The molecule has 0 aliphatic rings. The van der Waals surface area contributed by atoms with Crippen LogP contribution in [0.1, 0.15) is 16.1 Å². The van der Waals surface area contributed by atoms with Crippen LogP contribution in [0.4, 0.5) is 5.13 Å². The third-order valence-corrected chi connectivity index (χ3v) is 5.01. The van der Waals surface area contributed by atoms with Crippen LogP contribution < -0.4 is 10.9 Å². The first kappa shape index (κ1) is 17.4. The molecule has 27 heavy (non-hydrogen) atoms. The lowest BCUT2D eigenvalue weighted by molar-refractivity contribution is 0.102. The van der Waals surface area contributed by atoms with Crippen LogP contribution in [-0.4, -0.2) is 20.4 Å². The third kappa shape index (κ3) is 3.13. The summed E-state index contributed by atoms with van der Waals surface area (Å²) in [5.74, 6) is -0.145. The van der Waals surface area contributed by atoms with Gasteiger partial charge in [-0.3, -0.25) is 14.9 Å². The molecule has 1 amide bonds. The van der Waals surface area contributed by atoms with Crippen LogP contribution in [0.2, 0.25) is 5.02 Å². The fourth-order valence-corrected chi connectivity index (χ4v) is 3.64. The lowest BCUT2D eigenvalue weighted by Crippen LogP contribution is -2.20. The number of aromatic nitrogens is 3. The number of hydrogen-bond acceptors (Lipinski definition) is 6. The predicted molar refractivity (Wildman–Crippen MR) is 105 cm³/mol. The molecule has 0 radical (unpaired) electrons. The summed E-state index contributed by atoms with van der Waals surface area (Å²) in [7, 11) is 1.57. The Morgan fingerprint density at radius 3 is 2.96 bits per heavy atom. The summed E-state index contributed by atoms with van der Waals surface area (Å²) >= 11 is 7.29. The number of aryl methyl sites for hydroxylation is 2. The Bertz CT molecular complexity index is 1240. The number of rotatable bonds is 3. The molecule has 0 bridgehead atoms. The van der Waals surface area contributed by atoms with Gasteiger partial charge in [0.15, 0.2) is 5.13 Å². The summed E-state index contributed by atoms with van der Waals surface area (Å²) < 4.78 is 6.76. The number of halogens is 1.